The molecule has 0 radical (unpaired) electrons. The summed E-state index contributed by atoms with van der Waals surface area (Å²) >= 11 is 0. The van der Waals surface area contributed by atoms with E-state index in [4.69, 9.17) is 14.6 Å². The highest BCUT2D eigenvalue weighted by Crippen LogP contribution is 2.16. The number of rotatable bonds is 6. The first kappa shape index (κ1) is 15.9. The number of methoxy groups -OCH3 is 2. The first-order valence-electron chi connectivity index (χ1n) is 6.52. The average Bonchev–Trinajstić information content (AvgIpc) is 2.54. The van der Waals surface area contributed by atoms with Crippen molar-refractivity contribution < 1.29 is 19.4 Å². The number of carbonyl (C=O) groups is 1. The van der Waals surface area contributed by atoms with Gasteiger partial charge in [-0.3, -0.25) is 9.36 Å². The van der Waals surface area contributed by atoms with Crippen LogP contribution in [-0.4, -0.2) is 41.1 Å². The summed E-state index contributed by atoms with van der Waals surface area (Å²) in [6.45, 7) is 0.0319. The zero-order valence-corrected chi connectivity index (χ0v) is 12.2. The van der Waals surface area contributed by atoms with Gasteiger partial charge in [-0.2, -0.15) is 0 Å². The van der Waals surface area contributed by atoms with Gasteiger partial charge in [-0.25, -0.2) is 9.78 Å². The Morgan fingerprint density at radius 2 is 1.91 bits per heavy atom. The van der Waals surface area contributed by atoms with Gasteiger partial charge in [0.1, 0.15) is 11.4 Å². The first-order chi connectivity index (χ1) is 10.6. The number of aromatic carboxylic acids is 1. The number of hydrogen-bond acceptors (Lipinski definition) is 5. The van der Waals surface area contributed by atoms with E-state index in [1.165, 1.54) is 18.8 Å². The van der Waals surface area contributed by atoms with Gasteiger partial charge in [-0.15, -0.1) is 0 Å². The average molecular weight is 304 g/mol. The third kappa shape index (κ3) is 3.21. The molecule has 7 nitrogen and oxygen atoms in total. The van der Waals surface area contributed by atoms with Crippen LogP contribution in [-0.2, 0) is 16.0 Å². The number of aromatic nitrogens is 2. The van der Waals surface area contributed by atoms with Crippen molar-refractivity contribution >= 4 is 5.97 Å². The molecule has 0 bridgehead atoms. The molecule has 2 rings (SSSR count). The van der Waals surface area contributed by atoms with Gasteiger partial charge in [0.2, 0.25) is 0 Å². The quantitative estimate of drug-likeness (QED) is 0.807. The predicted octanol–water partition coefficient (Wildman–Crippen LogP) is 1.23. The summed E-state index contributed by atoms with van der Waals surface area (Å²) < 4.78 is 11.4. The van der Waals surface area contributed by atoms with Crippen LogP contribution in [0.2, 0.25) is 0 Å². The van der Waals surface area contributed by atoms with Crippen LogP contribution >= 0.6 is 0 Å². The van der Waals surface area contributed by atoms with E-state index in [0.29, 0.717) is 11.4 Å². The van der Waals surface area contributed by atoms with Crippen molar-refractivity contribution in [1.29, 1.82) is 0 Å². The van der Waals surface area contributed by atoms with E-state index >= 15 is 0 Å². The van der Waals surface area contributed by atoms with Crippen molar-refractivity contribution in [2.45, 2.75) is 12.8 Å². The van der Waals surface area contributed by atoms with Crippen molar-refractivity contribution in [2.24, 2.45) is 0 Å². The summed E-state index contributed by atoms with van der Waals surface area (Å²) in [6, 6.07) is 9.02. The molecule has 116 valence electrons. The van der Waals surface area contributed by atoms with Crippen molar-refractivity contribution in [3.63, 3.8) is 0 Å². The summed E-state index contributed by atoms with van der Waals surface area (Å²) in [5.74, 6) is -0.966. The Balaban J connectivity index is 2.61. The summed E-state index contributed by atoms with van der Waals surface area (Å²) in [7, 11) is 2.88. The second-order valence-corrected chi connectivity index (χ2v) is 4.48. The molecular formula is C15H16N2O5. The molecule has 22 heavy (non-hydrogen) atoms. The zero-order valence-electron chi connectivity index (χ0n) is 12.2. The highest BCUT2D eigenvalue weighted by molar-refractivity contribution is 5.86. The van der Waals surface area contributed by atoms with Crippen molar-refractivity contribution in [1.82, 2.24) is 9.55 Å². The number of nitrogens with zero attached hydrogens (tertiary/aromatic N) is 2. The standard InChI is InChI=1S/C15H16N2O5/c1-21-12(22-2)9-17-13(10-6-4-3-5-7-10)16-8-11(14(17)18)15(19)20/h3-8,12H,9H2,1-2H3,(H,19,20). The van der Waals surface area contributed by atoms with Crippen molar-refractivity contribution in [2.75, 3.05) is 14.2 Å². The van der Waals surface area contributed by atoms with Gasteiger partial charge in [0.05, 0.1) is 6.54 Å². The van der Waals surface area contributed by atoms with Crippen LogP contribution in [0.1, 0.15) is 10.4 Å². The lowest BCUT2D eigenvalue weighted by Crippen LogP contribution is -2.33. The van der Waals surface area contributed by atoms with Crippen molar-refractivity contribution in [3.8, 4) is 11.4 Å². The maximum absolute atomic E-state index is 12.4. The molecule has 0 aliphatic rings. The van der Waals surface area contributed by atoms with Crippen LogP contribution in [0.4, 0.5) is 0 Å². The second-order valence-electron chi connectivity index (χ2n) is 4.48. The normalized spacial score (nSPS) is 10.9. The maximum atomic E-state index is 12.4. The van der Waals surface area contributed by atoms with E-state index < -0.39 is 23.4 Å². The van der Waals surface area contributed by atoms with Crippen LogP contribution in [0.5, 0.6) is 0 Å². The molecule has 0 aliphatic heterocycles. The van der Waals surface area contributed by atoms with Gasteiger partial charge in [-0.1, -0.05) is 30.3 Å². The minimum absolute atomic E-state index is 0.0319. The fraction of sp³-hybridized carbons (Fsp3) is 0.267. The molecule has 1 N–H and O–H groups in total. The van der Waals surface area contributed by atoms with Gasteiger partial charge < -0.3 is 14.6 Å². The van der Waals surface area contributed by atoms with E-state index in [1.807, 2.05) is 6.07 Å². The molecule has 0 saturated heterocycles. The van der Waals surface area contributed by atoms with Gasteiger partial charge in [0.25, 0.3) is 5.56 Å². The molecule has 2 aromatic rings. The first-order valence-corrected chi connectivity index (χ1v) is 6.52. The molecule has 0 saturated carbocycles. The number of ether oxygens (including phenoxy) is 2. The lowest BCUT2D eigenvalue weighted by atomic mass is 10.2. The molecule has 0 amide bonds. The Kier molecular flexibility index (Phi) is 5.03. The summed E-state index contributed by atoms with van der Waals surface area (Å²) in [6.07, 6.45) is 0.379. The largest absolute Gasteiger partial charge is 0.477 e. The van der Waals surface area contributed by atoms with Crippen LogP contribution in [0.3, 0.4) is 0 Å². The predicted molar refractivity (Wildman–Crippen MR) is 78.7 cm³/mol. The lowest BCUT2D eigenvalue weighted by Gasteiger charge is -2.18. The molecular weight excluding hydrogens is 288 g/mol. The third-order valence-electron chi connectivity index (χ3n) is 3.17. The summed E-state index contributed by atoms with van der Waals surface area (Å²) in [5, 5.41) is 9.08. The fourth-order valence-corrected chi connectivity index (χ4v) is 2.02. The number of hydrogen-bond donors (Lipinski definition) is 1. The van der Waals surface area contributed by atoms with Gasteiger partial charge in [0, 0.05) is 26.0 Å². The Bertz CT molecular complexity index is 708. The molecule has 0 aliphatic carbocycles. The van der Waals surface area contributed by atoms with Gasteiger partial charge in [-0.05, 0) is 0 Å². The molecule has 7 heteroatoms. The lowest BCUT2D eigenvalue weighted by molar-refractivity contribution is -0.111. The number of benzene rings is 1. The van der Waals surface area contributed by atoms with E-state index in [0.717, 1.165) is 6.20 Å². The van der Waals surface area contributed by atoms with Crippen LogP contribution in [0.15, 0.2) is 41.3 Å². The Labute approximate surface area is 126 Å². The Morgan fingerprint density at radius 1 is 1.27 bits per heavy atom. The molecule has 0 atom stereocenters. The van der Waals surface area contributed by atoms with Crippen LogP contribution < -0.4 is 5.56 Å². The molecule has 0 unspecified atom stereocenters. The maximum Gasteiger partial charge on any atom is 0.342 e. The minimum Gasteiger partial charge on any atom is -0.477 e. The third-order valence-corrected chi connectivity index (χ3v) is 3.17. The van der Waals surface area contributed by atoms with E-state index in [1.54, 1.807) is 24.3 Å². The second kappa shape index (κ2) is 6.97. The molecule has 0 fully saturated rings. The smallest absolute Gasteiger partial charge is 0.342 e. The molecule has 0 spiro atoms. The van der Waals surface area contributed by atoms with Crippen LogP contribution in [0.25, 0.3) is 11.4 Å². The van der Waals surface area contributed by atoms with Gasteiger partial charge in [0.15, 0.2) is 6.29 Å². The molecule has 1 aromatic heterocycles. The fourth-order valence-electron chi connectivity index (χ4n) is 2.02. The van der Waals surface area contributed by atoms with E-state index in [-0.39, 0.29) is 6.54 Å². The molecule has 1 heterocycles. The van der Waals surface area contributed by atoms with E-state index in [2.05, 4.69) is 4.98 Å². The Morgan fingerprint density at radius 3 is 2.45 bits per heavy atom. The minimum atomic E-state index is -1.32. The highest BCUT2D eigenvalue weighted by atomic mass is 16.7. The monoisotopic (exact) mass is 304 g/mol. The summed E-state index contributed by atoms with van der Waals surface area (Å²) in [5.41, 5.74) is -0.353. The van der Waals surface area contributed by atoms with Crippen LogP contribution in [0, 0.1) is 0 Å². The summed E-state index contributed by atoms with van der Waals surface area (Å²) in [4.78, 5) is 27.7. The van der Waals surface area contributed by atoms with Gasteiger partial charge >= 0.3 is 5.97 Å². The van der Waals surface area contributed by atoms with E-state index in [9.17, 15) is 9.59 Å². The molecule has 1 aromatic carbocycles. The topological polar surface area (TPSA) is 90.7 Å². The Hall–Kier alpha value is -2.51. The zero-order chi connectivity index (χ0) is 16.1. The number of carboxylic acids is 1. The van der Waals surface area contributed by atoms with Crippen molar-refractivity contribution in [3.05, 3.63) is 52.4 Å². The number of carboxylic acid groups (broad SMARTS) is 1. The highest BCUT2D eigenvalue weighted by Gasteiger charge is 2.19. The SMILES string of the molecule is COC(Cn1c(-c2ccccc2)ncc(C(=O)O)c1=O)OC.